The molecule has 3 rings (SSSR count). The van der Waals surface area contributed by atoms with Gasteiger partial charge in [0.05, 0.1) is 19.5 Å². The number of hydrogen-bond donors (Lipinski definition) is 1. The SMILES string of the molecule is Cc1ccoc1-c1nc(=S)c2c([nH]1)CCOC2. The number of hydrogen-bond acceptors (Lipinski definition) is 4. The first kappa shape index (κ1) is 10.7. The molecule has 0 saturated carbocycles. The number of furan rings is 1. The second-order valence-electron chi connectivity index (χ2n) is 4.08. The summed E-state index contributed by atoms with van der Waals surface area (Å²) in [5, 5.41) is 0. The Kier molecular flexibility index (Phi) is 2.57. The average Bonchev–Trinajstić information content (AvgIpc) is 2.75. The van der Waals surface area contributed by atoms with E-state index >= 15 is 0 Å². The first-order valence-corrected chi connectivity index (χ1v) is 5.91. The Morgan fingerprint density at radius 3 is 3.12 bits per heavy atom. The van der Waals surface area contributed by atoms with Crippen molar-refractivity contribution >= 4 is 12.2 Å². The topological polar surface area (TPSA) is 51.0 Å². The van der Waals surface area contributed by atoms with E-state index in [1.165, 1.54) is 0 Å². The summed E-state index contributed by atoms with van der Waals surface area (Å²) in [5.74, 6) is 1.46. The van der Waals surface area contributed by atoms with Gasteiger partial charge in [-0.25, -0.2) is 4.98 Å². The maximum absolute atomic E-state index is 5.43. The van der Waals surface area contributed by atoms with E-state index in [1.807, 2.05) is 13.0 Å². The van der Waals surface area contributed by atoms with Gasteiger partial charge in [-0.05, 0) is 18.6 Å². The van der Waals surface area contributed by atoms with Crippen molar-refractivity contribution in [3.05, 3.63) is 33.8 Å². The fourth-order valence-electron chi connectivity index (χ4n) is 1.98. The Bertz CT molecular complexity index is 615. The van der Waals surface area contributed by atoms with Crippen molar-refractivity contribution in [3.63, 3.8) is 0 Å². The molecule has 0 unspecified atom stereocenters. The molecule has 17 heavy (non-hydrogen) atoms. The predicted octanol–water partition coefficient (Wildman–Crippen LogP) is 2.78. The minimum Gasteiger partial charge on any atom is -0.461 e. The van der Waals surface area contributed by atoms with Crippen LogP contribution in [0.1, 0.15) is 16.8 Å². The van der Waals surface area contributed by atoms with Gasteiger partial charge in [0, 0.05) is 17.7 Å². The maximum Gasteiger partial charge on any atom is 0.175 e. The minimum absolute atomic E-state index is 0.551. The van der Waals surface area contributed by atoms with Gasteiger partial charge < -0.3 is 14.1 Å². The van der Waals surface area contributed by atoms with Crippen LogP contribution < -0.4 is 0 Å². The lowest BCUT2D eigenvalue weighted by molar-refractivity contribution is 0.108. The molecule has 0 saturated heterocycles. The molecule has 0 bridgehead atoms. The molecule has 0 fully saturated rings. The summed E-state index contributed by atoms with van der Waals surface area (Å²) in [5.41, 5.74) is 3.16. The van der Waals surface area contributed by atoms with Gasteiger partial charge in [-0.3, -0.25) is 0 Å². The van der Waals surface area contributed by atoms with Gasteiger partial charge in [0.2, 0.25) is 0 Å². The summed E-state index contributed by atoms with van der Waals surface area (Å²) in [6.45, 7) is 3.26. The van der Waals surface area contributed by atoms with E-state index in [0.717, 1.165) is 35.6 Å². The lowest BCUT2D eigenvalue weighted by Crippen LogP contribution is -2.14. The zero-order valence-electron chi connectivity index (χ0n) is 9.45. The van der Waals surface area contributed by atoms with Gasteiger partial charge in [-0.15, -0.1) is 0 Å². The van der Waals surface area contributed by atoms with Crippen molar-refractivity contribution in [2.45, 2.75) is 20.0 Å². The van der Waals surface area contributed by atoms with E-state index in [4.69, 9.17) is 21.4 Å². The van der Waals surface area contributed by atoms with Crippen LogP contribution in [-0.4, -0.2) is 16.6 Å². The molecule has 3 heterocycles. The Balaban J connectivity index is 2.17. The summed E-state index contributed by atoms with van der Waals surface area (Å²) >= 11 is 5.29. The highest BCUT2D eigenvalue weighted by Gasteiger charge is 2.16. The molecule has 0 atom stereocenters. The Morgan fingerprint density at radius 2 is 2.35 bits per heavy atom. The van der Waals surface area contributed by atoms with Crippen molar-refractivity contribution < 1.29 is 9.15 Å². The Morgan fingerprint density at radius 1 is 1.47 bits per heavy atom. The molecule has 1 N–H and O–H groups in total. The van der Waals surface area contributed by atoms with Crippen molar-refractivity contribution in [1.82, 2.24) is 9.97 Å². The highest BCUT2D eigenvalue weighted by Crippen LogP contribution is 2.23. The number of aryl methyl sites for hydroxylation is 1. The van der Waals surface area contributed by atoms with Crippen molar-refractivity contribution in [2.75, 3.05) is 6.61 Å². The maximum atomic E-state index is 5.43. The quantitative estimate of drug-likeness (QED) is 0.788. The number of fused-ring (bicyclic) bond motifs is 1. The van der Waals surface area contributed by atoms with Crippen LogP contribution in [0.3, 0.4) is 0 Å². The second-order valence-corrected chi connectivity index (χ2v) is 4.47. The first-order valence-electron chi connectivity index (χ1n) is 5.50. The Hall–Kier alpha value is -1.46. The monoisotopic (exact) mass is 248 g/mol. The van der Waals surface area contributed by atoms with E-state index in [0.29, 0.717) is 17.1 Å². The van der Waals surface area contributed by atoms with E-state index in [-0.39, 0.29) is 0 Å². The smallest absolute Gasteiger partial charge is 0.175 e. The number of rotatable bonds is 1. The minimum atomic E-state index is 0.551. The molecule has 0 aliphatic carbocycles. The fraction of sp³-hybridized carbons (Fsp3) is 0.333. The third-order valence-corrected chi connectivity index (χ3v) is 3.26. The number of aromatic amines is 1. The van der Waals surface area contributed by atoms with Gasteiger partial charge in [-0.2, -0.15) is 0 Å². The van der Waals surface area contributed by atoms with E-state index in [2.05, 4.69) is 9.97 Å². The molecule has 1 aliphatic rings. The van der Waals surface area contributed by atoms with Gasteiger partial charge in [-0.1, -0.05) is 12.2 Å². The second kappa shape index (κ2) is 4.09. The summed E-state index contributed by atoms with van der Waals surface area (Å²) < 4.78 is 11.4. The largest absolute Gasteiger partial charge is 0.461 e. The van der Waals surface area contributed by atoms with Gasteiger partial charge in [0.1, 0.15) is 4.64 Å². The van der Waals surface area contributed by atoms with Crippen molar-refractivity contribution in [1.29, 1.82) is 0 Å². The molecule has 2 aromatic rings. The molecule has 0 radical (unpaired) electrons. The fourth-order valence-corrected chi connectivity index (χ4v) is 2.25. The van der Waals surface area contributed by atoms with Gasteiger partial charge in [0.15, 0.2) is 11.6 Å². The van der Waals surface area contributed by atoms with E-state index in [9.17, 15) is 0 Å². The lowest BCUT2D eigenvalue weighted by atomic mass is 10.1. The van der Waals surface area contributed by atoms with Crippen LogP contribution in [-0.2, 0) is 17.8 Å². The van der Waals surface area contributed by atoms with E-state index in [1.54, 1.807) is 6.26 Å². The normalized spacial score (nSPS) is 14.6. The average molecular weight is 248 g/mol. The third kappa shape index (κ3) is 1.81. The number of ether oxygens (including phenoxy) is 1. The molecule has 88 valence electrons. The Labute approximate surface area is 104 Å². The van der Waals surface area contributed by atoms with E-state index < -0.39 is 0 Å². The molecule has 5 heteroatoms. The summed E-state index contributed by atoms with van der Waals surface area (Å²) in [4.78, 5) is 7.67. The third-order valence-electron chi connectivity index (χ3n) is 2.93. The molecule has 0 amide bonds. The van der Waals surface area contributed by atoms with Crippen LogP contribution in [0.5, 0.6) is 0 Å². The predicted molar refractivity (Wildman–Crippen MR) is 65.2 cm³/mol. The van der Waals surface area contributed by atoms with Crippen LogP contribution in [0, 0.1) is 11.6 Å². The van der Waals surface area contributed by atoms with Crippen molar-refractivity contribution in [3.8, 4) is 11.6 Å². The van der Waals surface area contributed by atoms with Crippen LogP contribution in [0.15, 0.2) is 16.7 Å². The zero-order valence-corrected chi connectivity index (χ0v) is 10.3. The number of nitrogens with one attached hydrogen (secondary N) is 1. The van der Waals surface area contributed by atoms with Crippen molar-refractivity contribution in [2.24, 2.45) is 0 Å². The number of aromatic nitrogens is 2. The molecule has 0 aromatic carbocycles. The standard InChI is InChI=1S/C12H12N2O2S/c1-7-2-5-16-10(7)11-13-9-3-4-15-6-8(9)12(17)14-11/h2,5H,3-4,6H2,1H3,(H,13,14,17). The zero-order chi connectivity index (χ0) is 11.8. The summed E-state index contributed by atoms with van der Waals surface area (Å²) in [6.07, 6.45) is 2.50. The number of nitrogens with zero attached hydrogens (tertiary/aromatic N) is 1. The van der Waals surface area contributed by atoms with Crippen LogP contribution >= 0.6 is 12.2 Å². The molecular weight excluding hydrogens is 236 g/mol. The molecule has 2 aromatic heterocycles. The van der Waals surface area contributed by atoms with Gasteiger partial charge in [0.25, 0.3) is 0 Å². The highest BCUT2D eigenvalue weighted by molar-refractivity contribution is 7.71. The lowest BCUT2D eigenvalue weighted by Gasteiger charge is -2.16. The molecule has 1 aliphatic heterocycles. The molecular formula is C12H12N2O2S. The number of H-pyrrole nitrogens is 1. The van der Waals surface area contributed by atoms with Crippen LogP contribution in [0.2, 0.25) is 0 Å². The summed E-state index contributed by atoms with van der Waals surface area (Å²) in [7, 11) is 0. The van der Waals surface area contributed by atoms with Gasteiger partial charge >= 0.3 is 0 Å². The molecule has 0 spiro atoms. The highest BCUT2D eigenvalue weighted by atomic mass is 32.1. The first-order chi connectivity index (χ1) is 8.25. The van der Waals surface area contributed by atoms with Crippen LogP contribution in [0.25, 0.3) is 11.6 Å². The molecule has 4 nitrogen and oxygen atoms in total. The van der Waals surface area contributed by atoms with Crippen LogP contribution in [0.4, 0.5) is 0 Å². The summed E-state index contributed by atoms with van der Waals surface area (Å²) in [6, 6.07) is 1.91.